The quantitative estimate of drug-likeness (QED) is 0.741. The van der Waals surface area contributed by atoms with Gasteiger partial charge in [-0.25, -0.2) is 8.42 Å². The minimum absolute atomic E-state index is 0.115. The number of ether oxygens (including phenoxy) is 3. The van der Waals surface area contributed by atoms with Crippen molar-refractivity contribution in [1.82, 2.24) is 0 Å². The van der Waals surface area contributed by atoms with Crippen molar-refractivity contribution < 1.29 is 27.4 Å². The molecule has 8 nitrogen and oxygen atoms in total. The topological polar surface area (TPSA) is 94.2 Å². The van der Waals surface area contributed by atoms with Crippen LogP contribution >= 0.6 is 11.6 Å². The summed E-state index contributed by atoms with van der Waals surface area (Å²) in [6.07, 6.45) is 0.569. The molecule has 2 aromatic rings. The summed E-state index contributed by atoms with van der Waals surface area (Å²) in [6.45, 7) is 0.413. The van der Waals surface area contributed by atoms with Gasteiger partial charge in [-0.2, -0.15) is 0 Å². The molecule has 1 aliphatic heterocycles. The first-order valence-electron chi connectivity index (χ1n) is 8.72. The fraction of sp³-hybridized carbons (Fsp3) is 0.316. The molecule has 29 heavy (non-hydrogen) atoms. The third-order valence-corrected chi connectivity index (χ3v) is 6.70. The molecule has 10 heteroatoms. The highest BCUT2D eigenvalue weighted by Crippen LogP contribution is 2.38. The number of amides is 1. The van der Waals surface area contributed by atoms with Crippen LogP contribution in [0.1, 0.15) is 16.8 Å². The highest BCUT2D eigenvalue weighted by molar-refractivity contribution is 7.93. The standard InChI is InChI=1S/C19H21ClN2O6S/c1-26-16-9-12(10-17(27-2)18(16)28-3)19(23)21-15-6-5-13(11-14(15)20)22-7-4-8-29(22,24)25/h5-6,9-11H,4,7-8H2,1-3H3,(H,21,23). The van der Waals surface area contributed by atoms with Gasteiger partial charge in [0.05, 0.1) is 43.5 Å². The van der Waals surface area contributed by atoms with E-state index in [9.17, 15) is 13.2 Å². The molecule has 0 aromatic heterocycles. The van der Waals surface area contributed by atoms with E-state index >= 15 is 0 Å². The molecule has 156 valence electrons. The van der Waals surface area contributed by atoms with Crippen LogP contribution in [0.2, 0.25) is 5.02 Å². The van der Waals surface area contributed by atoms with Crippen LogP contribution in [0.3, 0.4) is 0 Å². The third-order valence-electron chi connectivity index (χ3n) is 4.52. The second kappa shape index (κ2) is 8.38. The fourth-order valence-corrected chi connectivity index (χ4v) is 4.88. The van der Waals surface area contributed by atoms with Gasteiger partial charge in [0, 0.05) is 12.1 Å². The molecule has 1 saturated heterocycles. The number of hydrogen-bond donors (Lipinski definition) is 1. The van der Waals surface area contributed by atoms with E-state index in [1.807, 2.05) is 0 Å². The number of hydrogen-bond acceptors (Lipinski definition) is 6. The number of sulfonamides is 1. The second-order valence-electron chi connectivity index (χ2n) is 6.27. The van der Waals surface area contributed by atoms with Gasteiger partial charge in [-0.15, -0.1) is 0 Å². The number of methoxy groups -OCH3 is 3. The lowest BCUT2D eigenvalue weighted by molar-refractivity contribution is 0.102. The molecule has 0 aliphatic carbocycles. The summed E-state index contributed by atoms with van der Waals surface area (Å²) in [4.78, 5) is 12.7. The van der Waals surface area contributed by atoms with E-state index < -0.39 is 15.9 Å². The van der Waals surface area contributed by atoms with Gasteiger partial charge in [-0.1, -0.05) is 11.6 Å². The largest absolute Gasteiger partial charge is 0.493 e. The van der Waals surface area contributed by atoms with Crippen molar-refractivity contribution >= 4 is 38.9 Å². The predicted octanol–water partition coefficient (Wildman–Crippen LogP) is 3.16. The molecule has 2 aromatic carbocycles. The highest BCUT2D eigenvalue weighted by Gasteiger charge is 2.28. The van der Waals surface area contributed by atoms with E-state index in [0.29, 0.717) is 41.6 Å². The Bertz CT molecular complexity index is 1020. The van der Waals surface area contributed by atoms with Gasteiger partial charge in [-0.05, 0) is 36.8 Å². The van der Waals surface area contributed by atoms with E-state index in [2.05, 4.69) is 5.32 Å². The maximum Gasteiger partial charge on any atom is 0.255 e. The zero-order valence-electron chi connectivity index (χ0n) is 16.2. The van der Waals surface area contributed by atoms with Crippen molar-refractivity contribution in [2.45, 2.75) is 6.42 Å². The summed E-state index contributed by atoms with van der Waals surface area (Å²) in [5, 5.41) is 2.94. The number of rotatable bonds is 6. The van der Waals surface area contributed by atoms with Crippen LogP contribution in [0.25, 0.3) is 0 Å². The molecule has 3 rings (SSSR count). The lowest BCUT2D eigenvalue weighted by atomic mass is 10.1. The van der Waals surface area contributed by atoms with E-state index in [1.165, 1.54) is 43.8 Å². The molecule has 0 atom stereocenters. The number of anilines is 2. The van der Waals surface area contributed by atoms with Crippen LogP contribution in [-0.4, -0.2) is 48.0 Å². The molecule has 1 aliphatic rings. The fourth-order valence-electron chi connectivity index (χ4n) is 3.10. The van der Waals surface area contributed by atoms with Gasteiger partial charge in [0.25, 0.3) is 5.91 Å². The van der Waals surface area contributed by atoms with Crippen molar-refractivity contribution in [3.8, 4) is 17.2 Å². The van der Waals surface area contributed by atoms with Gasteiger partial charge in [-0.3, -0.25) is 9.10 Å². The molecule has 0 radical (unpaired) electrons. The lowest BCUT2D eigenvalue weighted by Crippen LogP contribution is -2.25. The number of carbonyl (C=O) groups is 1. The maximum atomic E-state index is 12.7. The summed E-state index contributed by atoms with van der Waals surface area (Å²) < 4.78 is 41.2. The van der Waals surface area contributed by atoms with Crippen LogP contribution in [0.4, 0.5) is 11.4 Å². The van der Waals surface area contributed by atoms with Gasteiger partial charge in [0.2, 0.25) is 15.8 Å². The summed E-state index contributed by atoms with van der Waals surface area (Å²) >= 11 is 6.29. The number of halogens is 1. The average Bonchev–Trinajstić information content (AvgIpc) is 3.07. The molecule has 0 saturated carbocycles. The lowest BCUT2D eigenvalue weighted by Gasteiger charge is -2.18. The van der Waals surface area contributed by atoms with Crippen molar-refractivity contribution in [1.29, 1.82) is 0 Å². The van der Waals surface area contributed by atoms with Crippen molar-refractivity contribution in [3.63, 3.8) is 0 Å². The van der Waals surface area contributed by atoms with Crippen molar-refractivity contribution in [2.24, 2.45) is 0 Å². The van der Waals surface area contributed by atoms with Crippen LogP contribution in [0.15, 0.2) is 30.3 Å². The Labute approximate surface area is 174 Å². The van der Waals surface area contributed by atoms with Crippen molar-refractivity contribution in [2.75, 3.05) is 43.2 Å². The molecular formula is C19H21ClN2O6S. The van der Waals surface area contributed by atoms with E-state index in [-0.39, 0.29) is 16.3 Å². The van der Waals surface area contributed by atoms with Gasteiger partial charge in [0.1, 0.15) is 0 Å². The molecule has 1 amide bonds. The molecule has 1 N–H and O–H groups in total. The SMILES string of the molecule is COc1cc(C(=O)Nc2ccc(N3CCCS3(=O)=O)cc2Cl)cc(OC)c1OC. The van der Waals surface area contributed by atoms with Crippen LogP contribution in [-0.2, 0) is 10.0 Å². The minimum Gasteiger partial charge on any atom is -0.493 e. The monoisotopic (exact) mass is 440 g/mol. The molecule has 0 bridgehead atoms. The van der Waals surface area contributed by atoms with Gasteiger partial charge < -0.3 is 19.5 Å². The first kappa shape index (κ1) is 21.1. The smallest absolute Gasteiger partial charge is 0.255 e. The van der Waals surface area contributed by atoms with E-state index in [0.717, 1.165) is 0 Å². The normalized spacial score (nSPS) is 15.1. The third kappa shape index (κ3) is 4.20. The van der Waals surface area contributed by atoms with Crippen LogP contribution in [0, 0.1) is 0 Å². The first-order valence-corrected chi connectivity index (χ1v) is 10.7. The second-order valence-corrected chi connectivity index (χ2v) is 8.69. The minimum atomic E-state index is -3.31. The highest BCUT2D eigenvalue weighted by atomic mass is 35.5. The Kier molecular flexibility index (Phi) is 6.09. The molecule has 0 spiro atoms. The van der Waals surface area contributed by atoms with E-state index in [4.69, 9.17) is 25.8 Å². The zero-order chi connectivity index (χ0) is 21.2. The first-order chi connectivity index (χ1) is 13.8. The van der Waals surface area contributed by atoms with Crippen LogP contribution < -0.4 is 23.8 Å². The average molecular weight is 441 g/mol. The summed E-state index contributed by atoms with van der Waals surface area (Å²) in [5.74, 6) is 0.744. The van der Waals surface area contributed by atoms with Crippen LogP contribution in [0.5, 0.6) is 17.2 Å². The molecule has 1 heterocycles. The molecular weight excluding hydrogens is 420 g/mol. The summed E-state index contributed by atoms with van der Waals surface area (Å²) in [6, 6.07) is 7.75. The Morgan fingerprint density at radius 2 is 1.72 bits per heavy atom. The van der Waals surface area contributed by atoms with E-state index in [1.54, 1.807) is 12.1 Å². The van der Waals surface area contributed by atoms with Gasteiger partial charge in [0.15, 0.2) is 11.5 Å². The Morgan fingerprint density at radius 1 is 1.07 bits per heavy atom. The molecule has 1 fully saturated rings. The number of nitrogens with one attached hydrogen (secondary N) is 1. The number of benzene rings is 2. The van der Waals surface area contributed by atoms with Gasteiger partial charge >= 0.3 is 0 Å². The Morgan fingerprint density at radius 3 is 2.21 bits per heavy atom. The number of nitrogens with zero attached hydrogens (tertiary/aromatic N) is 1. The van der Waals surface area contributed by atoms with Crippen molar-refractivity contribution in [3.05, 3.63) is 40.9 Å². The summed E-state index contributed by atoms with van der Waals surface area (Å²) in [7, 11) is 1.08. The maximum absolute atomic E-state index is 12.7. The Balaban J connectivity index is 1.86. The molecule has 0 unspecified atom stereocenters. The summed E-state index contributed by atoms with van der Waals surface area (Å²) in [5.41, 5.74) is 1.10. The zero-order valence-corrected chi connectivity index (χ0v) is 17.8. The number of carbonyl (C=O) groups excluding carboxylic acids is 1. The Hall–Kier alpha value is -2.65. The predicted molar refractivity (Wildman–Crippen MR) is 111 cm³/mol.